The van der Waals surface area contributed by atoms with E-state index in [-0.39, 0.29) is 0 Å². The van der Waals surface area contributed by atoms with Crippen LogP contribution in [-0.2, 0) is 0 Å². The summed E-state index contributed by atoms with van der Waals surface area (Å²) in [6, 6.07) is 16.1. The predicted molar refractivity (Wildman–Crippen MR) is 86.1 cm³/mol. The molecule has 1 N–H and O–H groups in total. The fraction of sp³-hybridized carbons (Fsp3) is 0.188. The Bertz CT molecular complexity index is 634. The van der Waals surface area contributed by atoms with Crippen LogP contribution in [-0.4, -0.2) is 11.9 Å². The summed E-state index contributed by atoms with van der Waals surface area (Å²) in [5.41, 5.74) is 1.97. The van der Waals surface area contributed by atoms with Crippen molar-refractivity contribution in [3.05, 3.63) is 64.1 Å². The van der Waals surface area contributed by atoms with E-state index in [0.717, 1.165) is 17.1 Å². The molecule has 0 atom stereocenters. The number of hydrogen-bond donors (Lipinski definition) is 1. The third-order valence-corrected chi connectivity index (χ3v) is 3.83. The Morgan fingerprint density at radius 3 is 2.40 bits per heavy atom. The van der Waals surface area contributed by atoms with Gasteiger partial charge in [0.15, 0.2) is 0 Å². The van der Waals surface area contributed by atoms with Crippen molar-refractivity contribution >= 4 is 34.7 Å². The monoisotopic (exact) mass is 304 g/mol. The predicted octanol–water partition coefficient (Wildman–Crippen LogP) is 5.01. The van der Waals surface area contributed by atoms with Gasteiger partial charge in [-0.25, -0.2) is 0 Å². The molecular weight excluding hydrogens is 291 g/mol. The molecule has 2 aromatic carbocycles. The van der Waals surface area contributed by atoms with Crippen LogP contribution >= 0.6 is 23.2 Å². The van der Waals surface area contributed by atoms with E-state index < -0.39 is 0 Å². The molecule has 1 aliphatic carbocycles. The first-order valence-electron chi connectivity index (χ1n) is 6.57. The van der Waals surface area contributed by atoms with Crippen molar-refractivity contribution < 1.29 is 0 Å². The molecule has 1 saturated carbocycles. The molecule has 0 spiro atoms. The van der Waals surface area contributed by atoms with Gasteiger partial charge >= 0.3 is 0 Å². The number of amidine groups is 1. The molecule has 0 unspecified atom stereocenters. The van der Waals surface area contributed by atoms with Crippen molar-refractivity contribution in [1.82, 2.24) is 0 Å². The smallest absolute Gasteiger partial charge is 0.133 e. The molecular formula is C16H14Cl2N2. The van der Waals surface area contributed by atoms with Gasteiger partial charge in [-0.1, -0.05) is 53.5 Å². The minimum absolute atomic E-state index is 0.445. The number of halogens is 2. The van der Waals surface area contributed by atoms with Crippen molar-refractivity contribution in [1.29, 1.82) is 0 Å². The first-order chi connectivity index (χ1) is 9.72. The molecule has 0 radical (unpaired) electrons. The van der Waals surface area contributed by atoms with Crippen LogP contribution in [0.1, 0.15) is 18.4 Å². The Morgan fingerprint density at radius 2 is 1.75 bits per heavy atom. The van der Waals surface area contributed by atoms with E-state index >= 15 is 0 Å². The van der Waals surface area contributed by atoms with E-state index in [1.165, 1.54) is 12.8 Å². The SMILES string of the molecule is Clc1ccc(NC(=NC2CC2)c2ccccc2)cc1Cl. The first kappa shape index (κ1) is 13.5. The molecule has 0 amide bonds. The second-order valence-corrected chi connectivity index (χ2v) is 5.64. The second-order valence-electron chi connectivity index (χ2n) is 4.83. The average Bonchev–Trinajstić information content (AvgIpc) is 3.27. The number of anilines is 1. The highest BCUT2D eigenvalue weighted by Gasteiger charge is 2.21. The molecule has 0 heterocycles. The zero-order valence-corrected chi connectivity index (χ0v) is 12.3. The summed E-state index contributed by atoms with van der Waals surface area (Å²) < 4.78 is 0. The van der Waals surface area contributed by atoms with Gasteiger partial charge in [0.25, 0.3) is 0 Å². The highest BCUT2D eigenvalue weighted by Crippen LogP contribution is 2.27. The normalized spacial score (nSPS) is 15.2. The number of benzene rings is 2. The third kappa shape index (κ3) is 3.33. The Balaban J connectivity index is 1.88. The fourth-order valence-corrected chi connectivity index (χ4v) is 2.17. The van der Waals surface area contributed by atoms with Crippen LogP contribution in [0.3, 0.4) is 0 Å². The van der Waals surface area contributed by atoms with Crippen LogP contribution in [0.25, 0.3) is 0 Å². The molecule has 2 aromatic rings. The maximum Gasteiger partial charge on any atom is 0.133 e. The van der Waals surface area contributed by atoms with Crippen molar-refractivity contribution in [3.63, 3.8) is 0 Å². The number of aliphatic imine (C=N–C) groups is 1. The van der Waals surface area contributed by atoms with Crippen molar-refractivity contribution in [2.24, 2.45) is 4.99 Å². The highest BCUT2D eigenvalue weighted by molar-refractivity contribution is 6.42. The molecule has 0 saturated heterocycles. The molecule has 20 heavy (non-hydrogen) atoms. The largest absolute Gasteiger partial charge is 0.340 e. The second kappa shape index (κ2) is 5.86. The maximum atomic E-state index is 6.05. The molecule has 3 rings (SSSR count). The Kier molecular flexibility index (Phi) is 3.95. The van der Waals surface area contributed by atoms with E-state index in [1.807, 2.05) is 42.5 Å². The van der Waals surface area contributed by atoms with E-state index in [4.69, 9.17) is 28.2 Å². The van der Waals surface area contributed by atoms with Crippen LogP contribution in [0, 0.1) is 0 Å². The molecule has 102 valence electrons. The minimum Gasteiger partial charge on any atom is -0.340 e. The molecule has 1 aliphatic rings. The van der Waals surface area contributed by atoms with Crippen LogP contribution in [0.2, 0.25) is 10.0 Å². The summed E-state index contributed by atoms with van der Waals surface area (Å²) >= 11 is 12.0. The summed E-state index contributed by atoms with van der Waals surface area (Å²) in [6.07, 6.45) is 2.33. The van der Waals surface area contributed by atoms with Gasteiger partial charge in [0.2, 0.25) is 0 Å². The maximum absolute atomic E-state index is 6.05. The first-order valence-corrected chi connectivity index (χ1v) is 7.33. The summed E-state index contributed by atoms with van der Waals surface area (Å²) in [6.45, 7) is 0. The number of nitrogens with one attached hydrogen (secondary N) is 1. The average molecular weight is 305 g/mol. The fourth-order valence-electron chi connectivity index (χ4n) is 1.87. The van der Waals surface area contributed by atoms with E-state index in [1.54, 1.807) is 6.07 Å². The highest BCUT2D eigenvalue weighted by atomic mass is 35.5. The standard InChI is InChI=1S/C16H14Cl2N2/c17-14-9-8-13(10-15(14)18)20-16(19-12-6-7-12)11-4-2-1-3-5-11/h1-5,8-10,12H,6-7H2,(H,19,20). The number of hydrogen-bond acceptors (Lipinski definition) is 1. The van der Waals surface area contributed by atoms with E-state index in [0.29, 0.717) is 16.1 Å². The Morgan fingerprint density at radius 1 is 1.00 bits per heavy atom. The summed E-state index contributed by atoms with van der Waals surface area (Å²) in [7, 11) is 0. The zero-order chi connectivity index (χ0) is 13.9. The lowest BCUT2D eigenvalue weighted by Crippen LogP contribution is -2.14. The van der Waals surface area contributed by atoms with Crippen molar-refractivity contribution in [2.45, 2.75) is 18.9 Å². The van der Waals surface area contributed by atoms with Gasteiger partial charge in [-0.2, -0.15) is 0 Å². The van der Waals surface area contributed by atoms with Gasteiger partial charge in [-0.15, -0.1) is 0 Å². The van der Waals surface area contributed by atoms with Gasteiger partial charge in [0, 0.05) is 11.3 Å². The molecule has 0 bridgehead atoms. The number of nitrogens with zero attached hydrogens (tertiary/aromatic N) is 1. The van der Waals surface area contributed by atoms with Crippen molar-refractivity contribution in [2.75, 3.05) is 5.32 Å². The van der Waals surface area contributed by atoms with E-state index in [2.05, 4.69) is 5.32 Å². The van der Waals surface area contributed by atoms with Gasteiger partial charge < -0.3 is 5.32 Å². The van der Waals surface area contributed by atoms with Crippen LogP contribution < -0.4 is 5.32 Å². The molecule has 1 fully saturated rings. The van der Waals surface area contributed by atoms with Gasteiger partial charge in [-0.05, 0) is 31.0 Å². The Hall–Kier alpha value is -1.51. The molecule has 0 aromatic heterocycles. The topological polar surface area (TPSA) is 24.4 Å². The lowest BCUT2D eigenvalue weighted by molar-refractivity contribution is 1.06. The van der Waals surface area contributed by atoms with E-state index in [9.17, 15) is 0 Å². The molecule has 2 nitrogen and oxygen atoms in total. The summed E-state index contributed by atoms with van der Waals surface area (Å²) in [5, 5.41) is 4.43. The van der Waals surface area contributed by atoms with Crippen molar-refractivity contribution in [3.8, 4) is 0 Å². The number of rotatable bonds is 3. The zero-order valence-electron chi connectivity index (χ0n) is 10.8. The Labute approximate surface area is 128 Å². The minimum atomic E-state index is 0.445. The van der Waals surface area contributed by atoms with Crippen LogP contribution in [0.15, 0.2) is 53.5 Å². The van der Waals surface area contributed by atoms with Gasteiger partial charge in [0.1, 0.15) is 5.84 Å². The molecule has 4 heteroatoms. The van der Waals surface area contributed by atoms with Crippen LogP contribution in [0.4, 0.5) is 5.69 Å². The lowest BCUT2D eigenvalue weighted by atomic mass is 10.2. The van der Waals surface area contributed by atoms with Gasteiger partial charge in [0.05, 0.1) is 16.1 Å². The molecule has 0 aliphatic heterocycles. The lowest BCUT2D eigenvalue weighted by Gasteiger charge is -2.11. The quantitative estimate of drug-likeness (QED) is 0.625. The summed E-state index contributed by atoms with van der Waals surface area (Å²) in [5.74, 6) is 0.881. The van der Waals surface area contributed by atoms with Crippen LogP contribution in [0.5, 0.6) is 0 Å². The third-order valence-electron chi connectivity index (χ3n) is 3.09. The summed E-state index contributed by atoms with van der Waals surface area (Å²) in [4.78, 5) is 4.74. The van der Waals surface area contributed by atoms with Gasteiger partial charge in [-0.3, -0.25) is 4.99 Å².